The van der Waals surface area contributed by atoms with Gasteiger partial charge in [0.15, 0.2) is 0 Å². The van der Waals surface area contributed by atoms with Crippen LogP contribution in [0.15, 0.2) is 42.9 Å². The standard InChI is InChI=1S/C13H13N3O2/c17-7-4-11-8-10(3-6-15-11)13(18)16-12-2-1-5-14-9-12/h1-3,5-6,8-9,17H,4,7H2,(H,16,18). The highest BCUT2D eigenvalue weighted by Crippen LogP contribution is 2.08. The summed E-state index contributed by atoms with van der Waals surface area (Å²) in [4.78, 5) is 19.9. The molecule has 0 saturated carbocycles. The molecular weight excluding hydrogens is 230 g/mol. The molecule has 5 nitrogen and oxygen atoms in total. The van der Waals surface area contributed by atoms with Crippen LogP contribution in [-0.2, 0) is 6.42 Å². The summed E-state index contributed by atoms with van der Waals surface area (Å²) in [5.41, 5.74) is 1.84. The summed E-state index contributed by atoms with van der Waals surface area (Å²) in [6.07, 6.45) is 5.21. The van der Waals surface area contributed by atoms with E-state index < -0.39 is 0 Å². The molecule has 2 N–H and O–H groups in total. The number of amides is 1. The zero-order chi connectivity index (χ0) is 12.8. The number of aromatic nitrogens is 2. The Kier molecular flexibility index (Phi) is 3.98. The van der Waals surface area contributed by atoms with Crippen molar-refractivity contribution in [3.8, 4) is 0 Å². The molecule has 0 aliphatic rings. The number of hydrogen-bond donors (Lipinski definition) is 2. The molecule has 18 heavy (non-hydrogen) atoms. The van der Waals surface area contributed by atoms with Crippen LogP contribution >= 0.6 is 0 Å². The van der Waals surface area contributed by atoms with E-state index in [1.54, 1.807) is 42.9 Å². The Hall–Kier alpha value is -2.27. The maximum Gasteiger partial charge on any atom is 0.255 e. The Labute approximate surface area is 105 Å². The molecule has 0 unspecified atom stereocenters. The van der Waals surface area contributed by atoms with Crippen LogP contribution in [0.5, 0.6) is 0 Å². The summed E-state index contributed by atoms with van der Waals surface area (Å²) in [5, 5.41) is 11.6. The summed E-state index contributed by atoms with van der Waals surface area (Å²) in [6, 6.07) is 6.81. The van der Waals surface area contributed by atoms with Gasteiger partial charge in [-0.15, -0.1) is 0 Å². The van der Waals surface area contributed by atoms with E-state index in [1.165, 1.54) is 0 Å². The molecule has 0 atom stereocenters. The lowest BCUT2D eigenvalue weighted by Crippen LogP contribution is -2.12. The lowest BCUT2D eigenvalue weighted by Gasteiger charge is -2.05. The van der Waals surface area contributed by atoms with Crippen LogP contribution in [0.25, 0.3) is 0 Å². The molecule has 0 aromatic carbocycles. The van der Waals surface area contributed by atoms with Gasteiger partial charge in [0.05, 0.1) is 11.9 Å². The van der Waals surface area contributed by atoms with Crippen molar-refractivity contribution < 1.29 is 9.90 Å². The van der Waals surface area contributed by atoms with Crippen LogP contribution in [0.2, 0.25) is 0 Å². The molecule has 0 aliphatic carbocycles. The average Bonchev–Trinajstić information content (AvgIpc) is 2.40. The Morgan fingerprint density at radius 1 is 1.33 bits per heavy atom. The lowest BCUT2D eigenvalue weighted by atomic mass is 10.2. The van der Waals surface area contributed by atoms with Gasteiger partial charge in [0.1, 0.15) is 0 Å². The first-order valence-electron chi connectivity index (χ1n) is 5.57. The van der Waals surface area contributed by atoms with Crippen molar-refractivity contribution in [3.05, 3.63) is 54.1 Å². The first kappa shape index (κ1) is 12.2. The van der Waals surface area contributed by atoms with Crippen molar-refractivity contribution in [1.82, 2.24) is 9.97 Å². The van der Waals surface area contributed by atoms with Crippen molar-refractivity contribution in [2.75, 3.05) is 11.9 Å². The number of anilines is 1. The number of nitrogens with one attached hydrogen (secondary N) is 1. The predicted molar refractivity (Wildman–Crippen MR) is 67.2 cm³/mol. The van der Waals surface area contributed by atoms with Crippen LogP contribution in [0, 0.1) is 0 Å². The highest BCUT2D eigenvalue weighted by molar-refractivity contribution is 6.04. The third kappa shape index (κ3) is 3.11. The molecule has 92 valence electrons. The van der Waals surface area contributed by atoms with E-state index in [0.717, 1.165) is 0 Å². The van der Waals surface area contributed by atoms with E-state index in [2.05, 4.69) is 15.3 Å². The second-order valence-corrected chi connectivity index (χ2v) is 3.71. The fourth-order valence-electron chi connectivity index (χ4n) is 1.51. The lowest BCUT2D eigenvalue weighted by molar-refractivity contribution is 0.102. The fourth-order valence-corrected chi connectivity index (χ4v) is 1.51. The first-order valence-corrected chi connectivity index (χ1v) is 5.57. The molecule has 2 aromatic rings. The normalized spacial score (nSPS) is 10.1. The Bertz CT molecular complexity index is 529. The first-order chi connectivity index (χ1) is 8.79. The van der Waals surface area contributed by atoms with Gasteiger partial charge in [0.2, 0.25) is 0 Å². The summed E-state index contributed by atoms with van der Waals surface area (Å²) < 4.78 is 0. The largest absolute Gasteiger partial charge is 0.396 e. The van der Waals surface area contributed by atoms with E-state index in [9.17, 15) is 4.79 Å². The molecule has 2 aromatic heterocycles. The van der Waals surface area contributed by atoms with Crippen molar-refractivity contribution >= 4 is 11.6 Å². The summed E-state index contributed by atoms with van der Waals surface area (Å²) in [7, 11) is 0. The minimum atomic E-state index is -0.218. The molecule has 2 rings (SSSR count). The summed E-state index contributed by atoms with van der Waals surface area (Å²) in [5.74, 6) is -0.218. The Morgan fingerprint density at radius 2 is 2.22 bits per heavy atom. The van der Waals surface area contributed by atoms with Gasteiger partial charge in [-0.3, -0.25) is 14.8 Å². The molecule has 0 fully saturated rings. The molecule has 0 saturated heterocycles. The number of aliphatic hydroxyl groups excluding tert-OH is 1. The zero-order valence-corrected chi connectivity index (χ0v) is 9.71. The van der Waals surface area contributed by atoms with Gasteiger partial charge in [0, 0.05) is 36.7 Å². The van der Waals surface area contributed by atoms with Crippen molar-refractivity contribution in [2.24, 2.45) is 0 Å². The molecule has 0 aliphatic heterocycles. The molecule has 0 spiro atoms. The number of carbonyl (C=O) groups excluding carboxylic acids is 1. The van der Waals surface area contributed by atoms with E-state index >= 15 is 0 Å². The van der Waals surface area contributed by atoms with Crippen LogP contribution in [0.1, 0.15) is 16.1 Å². The number of nitrogens with zero attached hydrogens (tertiary/aromatic N) is 2. The van der Waals surface area contributed by atoms with Crippen LogP contribution in [0.3, 0.4) is 0 Å². The topological polar surface area (TPSA) is 75.1 Å². The Morgan fingerprint density at radius 3 is 2.94 bits per heavy atom. The van der Waals surface area contributed by atoms with Crippen molar-refractivity contribution in [1.29, 1.82) is 0 Å². The number of carbonyl (C=O) groups is 1. The van der Waals surface area contributed by atoms with E-state index in [-0.39, 0.29) is 12.5 Å². The van der Waals surface area contributed by atoms with Gasteiger partial charge in [-0.25, -0.2) is 0 Å². The minimum absolute atomic E-state index is 0.0146. The third-order valence-corrected chi connectivity index (χ3v) is 2.37. The number of pyridine rings is 2. The summed E-state index contributed by atoms with van der Waals surface area (Å²) in [6.45, 7) is 0.0146. The molecule has 0 radical (unpaired) electrons. The molecule has 0 bridgehead atoms. The molecule has 1 amide bonds. The van der Waals surface area contributed by atoms with Crippen LogP contribution in [0.4, 0.5) is 5.69 Å². The zero-order valence-electron chi connectivity index (χ0n) is 9.71. The van der Waals surface area contributed by atoms with Crippen LogP contribution < -0.4 is 5.32 Å². The van der Waals surface area contributed by atoms with Gasteiger partial charge in [-0.05, 0) is 24.3 Å². The van der Waals surface area contributed by atoms with Gasteiger partial charge < -0.3 is 10.4 Å². The summed E-state index contributed by atoms with van der Waals surface area (Å²) >= 11 is 0. The maximum absolute atomic E-state index is 11.9. The average molecular weight is 243 g/mol. The number of hydrogen-bond acceptors (Lipinski definition) is 4. The van der Waals surface area contributed by atoms with Crippen LogP contribution in [-0.4, -0.2) is 27.6 Å². The second kappa shape index (κ2) is 5.88. The number of aliphatic hydroxyl groups is 1. The monoisotopic (exact) mass is 243 g/mol. The van der Waals surface area contributed by atoms with Gasteiger partial charge in [-0.2, -0.15) is 0 Å². The second-order valence-electron chi connectivity index (χ2n) is 3.71. The minimum Gasteiger partial charge on any atom is -0.396 e. The van der Waals surface area contributed by atoms with Gasteiger partial charge in [-0.1, -0.05) is 0 Å². The van der Waals surface area contributed by atoms with E-state index in [0.29, 0.717) is 23.4 Å². The third-order valence-electron chi connectivity index (χ3n) is 2.37. The molecular formula is C13H13N3O2. The van der Waals surface area contributed by atoms with Crippen molar-refractivity contribution in [2.45, 2.75) is 6.42 Å². The van der Waals surface area contributed by atoms with E-state index in [1.807, 2.05) is 0 Å². The Balaban J connectivity index is 2.11. The molecule has 5 heteroatoms. The quantitative estimate of drug-likeness (QED) is 0.847. The highest BCUT2D eigenvalue weighted by atomic mass is 16.3. The smallest absolute Gasteiger partial charge is 0.255 e. The fraction of sp³-hybridized carbons (Fsp3) is 0.154. The van der Waals surface area contributed by atoms with Gasteiger partial charge >= 0.3 is 0 Å². The van der Waals surface area contributed by atoms with Gasteiger partial charge in [0.25, 0.3) is 5.91 Å². The van der Waals surface area contributed by atoms with Crippen molar-refractivity contribution in [3.63, 3.8) is 0 Å². The predicted octanol–water partition coefficient (Wildman–Crippen LogP) is 1.26. The van der Waals surface area contributed by atoms with E-state index in [4.69, 9.17) is 5.11 Å². The maximum atomic E-state index is 11.9. The number of rotatable bonds is 4. The molecule has 2 heterocycles. The highest BCUT2D eigenvalue weighted by Gasteiger charge is 2.07. The SMILES string of the molecule is O=C(Nc1cccnc1)c1ccnc(CCO)c1.